The van der Waals surface area contributed by atoms with Gasteiger partial charge in [-0.15, -0.1) is 0 Å². The van der Waals surface area contributed by atoms with Crippen LogP contribution in [0.3, 0.4) is 0 Å². The topological polar surface area (TPSA) is 78.0 Å². The number of primary amides is 1. The van der Waals surface area contributed by atoms with Crippen molar-refractivity contribution in [2.75, 3.05) is 0 Å². The first-order valence-electron chi connectivity index (χ1n) is 6.13. The molecule has 0 aliphatic heterocycles. The van der Waals surface area contributed by atoms with Crippen LogP contribution in [0, 0.1) is 19.7 Å². The molecule has 2 N–H and O–H groups in total. The van der Waals surface area contributed by atoms with Gasteiger partial charge in [0, 0.05) is 16.8 Å². The van der Waals surface area contributed by atoms with E-state index in [2.05, 4.69) is 20.9 Å². The van der Waals surface area contributed by atoms with Crippen LogP contribution >= 0.6 is 15.9 Å². The fourth-order valence-electron chi connectivity index (χ4n) is 1.98. The van der Waals surface area contributed by atoms with Crippen LogP contribution in [-0.4, -0.2) is 15.5 Å². The minimum absolute atomic E-state index is 0.0243. The molecule has 1 aromatic heterocycles. The third-order valence-electron chi connectivity index (χ3n) is 3.19. The molecule has 0 fully saturated rings. The number of amides is 1. The maximum atomic E-state index is 13.9. The first-order valence-corrected chi connectivity index (χ1v) is 6.92. The third-order valence-corrected chi connectivity index (χ3v) is 4.34. The van der Waals surface area contributed by atoms with Crippen LogP contribution in [0.1, 0.15) is 27.3 Å². The first kappa shape index (κ1) is 15.4. The fraction of sp³-hybridized carbons (Fsp3) is 0.214. The molecule has 1 aromatic carbocycles. The lowest BCUT2D eigenvalue weighted by atomic mass is 10.1. The van der Waals surface area contributed by atoms with Crippen molar-refractivity contribution in [1.29, 1.82) is 0 Å². The van der Waals surface area contributed by atoms with Gasteiger partial charge in [-0.2, -0.15) is 4.98 Å². The van der Waals surface area contributed by atoms with E-state index in [-0.39, 0.29) is 17.7 Å². The van der Waals surface area contributed by atoms with Crippen molar-refractivity contribution in [2.45, 2.75) is 20.4 Å². The average molecular weight is 354 g/mol. The molecule has 1 heterocycles. The molecule has 0 spiro atoms. The lowest BCUT2D eigenvalue weighted by molar-refractivity contribution is 0.1000. The Labute approximate surface area is 128 Å². The molecule has 2 rings (SSSR count). The van der Waals surface area contributed by atoms with Crippen LogP contribution < -0.4 is 11.4 Å². The van der Waals surface area contributed by atoms with Crippen LogP contribution in [0.25, 0.3) is 0 Å². The van der Waals surface area contributed by atoms with Gasteiger partial charge in [-0.3, -0.25) is 9.36 Å². The quantitative estimate of drug-likeness (QED) is 0.915. The van der Waals surface area contributed by atoms with Gasteiger partial charge in [0.2, 0.25) is 5.91 Å². The number of nitrogens with zero attached hydrogens (tertiary/aromatic N) is 2. The summed E-state index contributed by atoms with van der Waals surface area (Å²) in [6, 6.07) is 3.81. The molecule has 0 atom stereocenters. The second kappa shape index (κ2) is 5.77. The highest BCUT2D eigenvalue weighted by atomic mass is 79.9. The van der Waals surface area contributed by atoms with E-state index in [4.69, 9.17) is 5.73 Å². The van der Waals surface area contributed by atoms with Crippen LogP contribution in [0.4, 0.5) is 4.39 Å². The smallest absolute Gasteiger partial charge is 0.348 e. The van der Waals surface area contributed by atoms with E-state index in [0.29, 0.717) is 15.9 Å². The number of nitrogens with two attached hydrogens (primary N) is 1. The average Bonchev–Trinajstić information content (AvgIpc) is 2.42. The molecular formula is C14H13BrFN3O2. The number of benzene rings is 1. The predicted octanol–water partition coefficient (Wildman–Crippen LogP) is 1.91. The van der Waals surface area contributed by atoms with E-state index in [1.54, 1.807) is 13.8 Å². The van der Waals surface area contributed by atoms with E-state index in [1.165, 1.54) is 16.7 Å². The number of rotatable bonds is 3. The largest absolute Gasteiger partial charge is 0.366 e. The van der Waals surface area contributed by atoms with Crippen LogP contribution in [0.2, 0.25) is 0 Å². The van der Waals surface area contributed by atoms with E-state index in [1.807, 2.05) is 0 Å². The van der Waals surface area contributed by atoms with Gasteiger partial charge in [-0.05, 0) is 48.0 Å². The second-order valence-electron chi connectivity index (χ2n) is 4.64. The van der Waals surface area contributed by atoms with Crippen molar-refractivity contribution in [3.05, 3.63) is 61.5 Å². The van der Waals surface area contributed by atoms with Gasteiger partial charge in [0.15, 0.2) is 0 Å². The van der Waals surface area contributed by atoms with Gasteiger partial charge in [-0.25, -0.2) is 9.18 Å². The lowest BCUT2D eigenvalue weighted by Crippen LogP contribution is -2.27. The zero-order valence-corrected chi connectivity index (χ0v) is 13.1. The number of hydrogen-bond acceptors (Lipinski definition) is 3. The summed E-state index contributed by atoms with van der Waals surface area (Å²) in [7, 11) is 0. The maximum Gasteiger partial charge on any atom is 0.348 e. The summed E-state index contributed by atoms with van der Waals surface area (Å²) >= 11 is 3.34. The number of carbonyl (C=O) groups is 1. The molecule has 0 bridgehead atoms. The highest BCUT2D eigenvalue weighted by molar-refractivity contribution is 9.10. The number of carbonyl (C=O) groups excluding carboxylic acids is 1. The van der Waals surface area contributed by atoms with Gasteiger partial charge < -0.3 is 5.73 Å². The van der Waals surface area contributed by atoms with Crippen molar-refractivity contribution in [3.8, 4) is 0 Å². The normalized spacial score (nSPS) is 10.7. The Bertz CT molecular complexity index is 787. The summed E-state index contributed by atoms with van der Waals surface area (Å²) < 4.78 is 15.9. The van der Waals surface area contributed by atoms with E-state index >= 15 is 0 Å². The number of aromatic nitrogens is 2. The summed E-state index contributed by atoms with van der Waals surface area (Å²) in [5.41, 5.74) is 6.30. The molecule has 0 saturated carbocycles. The zero-order valence-electron chi connectivity index (χ0n) is 11.5. The van der Waals surface area contributed by atoms with E-state index in [0.717, 1.165) is 6.07 Å². The molecule has 0 radical (unpaired) electrons. The van der Waals surface area contributed by atoms with Crippen molar-refractivity contribution >= 4 is 21.8 Å². The summed E-state index contributed by atoms with van der Waals surface area (Å²) in [6.07, 6.45) is 0. The highest BCUT2D eigenvalue weighted by Crippen LogP contribution is 2.18. The Hall–Kier alpha value is -2.02. The number of aryl methyl sites for hydroxylation is 1. The predicted molar refractivity (Wildman–Crippen MR) is 79.7 cm³/mol. The molecule has 0 aliphatic rings. The summed E-state index contributed by atoms with van der Waals surface area (Å²) in [6.45, 7) is 3.41. The van der Waals surface area contributed by atoms with Crippen LogP contribution in [-0.2, 0) is 6.54 Å². The Morgan fingerprint density at radius 3 is 2.71 bits per heavy atom. The maximum absolute atomic E-state index is 13.9. The van der Waals surface area contributed by atoms with Gasteiger partial charge in [0.25, 0.3) is 0 Å². The molecule has 0 aliphatic carbocycles. The molecular weight excluding hydrogens is 341 g/mol. The molecule has 110 valence electrons. The molecule has 0 unspecified atom stereocenters. The summed E-state index contributed by atoms with van der Waals surface area (Å²) in [5, 5.41) is 0. The Balaban J connectivity index is 2.53. The van der Waals surface area contributed by atoms with Gasteiger partial charge in [0.05, 0.1) is 16.7 Å². The van der Waals surface area contributed by atoms with Crippen molar-refractivity contribution in [1.82, 2.24) is 9.55 Å². The molecule has 2 aromatic rings. The van der Waals surface area contributed by atoms with Crippen molar-refractivity contribution < 1.29 is 9.18 Å². The minimum Gasteiger partial charge on any atom is -0.366 e. The molecule has 5 nitrogen and oxygen atoms in total. The monoisotopic (exact) mass is 353 g/mol. The van der Waals surface area contributed by atoms with E-state index < -0.39 is 17.4 Å². The van der Waals surface area contributed by atoms with E-state index in [9.17, 15) is 14.0 Å². The van der Waals surface area contributed by atoms with Crippen LogP contribution in [0.5, 0.6) is 0 Å². The van der Waals surface area contributed by atoms with Crippen LogP contribution in [0.15, 0.2) is 27.5 Å². The summed E-state index contributed by atoms with van der Waals surface area (Å²) in [5.74, 6) is -1.16. The molecule has 1 amide bonds. The van der Waals surface area contributed by atoms with Gasteiger partial charge in [-0.1, -0.05) is 0 Å². The number of halogens is 2. The molecule has 0 saturated heterocycles. The lowest BCUT2D eigenvalue weighted by Gasteiger charge is -2.13. The standard InChI is InChI=1S/C14H13BrFN3O2/c1-7-12(15)8(2)19(14(21)18-7)6-10-5-9(13(17)20)3-4-11(10)16/h3-5H,6H2,1-2H3,(H2,17,20). The minimum atomic E-state index is -0.650. The number of hydrogen-bond donors (Lipinski definition) is 1. The molecule has 7 heteroatoms. The third kappa shape index (κ3) is 3.02. The Morgan fingerprint density at radius 2 is 2.10 bits per heavy atom. The highest BCUT2D eigenvalue weighted by Gasteiger charge is 2.13. The van der Waals surface area contributed by atoms with Gasteiger partial charge >= 0.3 is 5.69 Å². The van der Waals surface area contributed by atoms with Crippen molar-refractivity contribution in [3.63, 3.8) is 0 Å². The molecule has 21 heavy (non-hydrogen) atoms. The van der Waals surface area contributed by atoms with Crippen molar-refractivity contribution in [2.24, 2.45) is 5.73 Å². The van der Waals surface area contributed by atoms with Gasteiger partial charge in [0.1, 0.15) is 5.82 Å². The SMILES string of the molecule is Cc1nc(=O)n(Cc2cc(C(N)=O)ccc2F)c(C)c1Br. The fourth-order valence-corrected chi connectivity index (χ4v) is 2.29. The second-order valence-corrected chi connectivity index (χ2v) is 5.43. The Kier molecular flexibility index (Phi) is 4.22. The first-order chi connectivity index (χ1) is 9.81. The zero-order chi connectivity index (χ0) is 15.7. The summed E-state index contributed by atoms with van der Waals surface area (Å²) in [4.78, 5) is 27.0. The Morgan fingerprint density at radius 1 is 1.43 bits per heavy atom.